The molecule has 1 aliphatic carbocycles. The third-order valence-electron chi connectivity index (χ3n) is 3.79. The summed E-state index contributed by atoms with van der Waals surface area (Å²) >= 11 is 5.96. The van der Waals surface area contributed by atoms with Crippen LogP contribution in [-0.2, 0) is 25.5 Å². The first-order chi connectivity index (χ1) is 10.5. The molecule has 0 amide bonds. The molecule has 1 aromatic rings. The number of rotatable bonds is 4. The number of aliphatic hydroxyl groups is 1. The first-order valence-corrected chi connectivity index (χ1v) is 7.67. The molecular weight excluding hydrogens is 308 g/mol. The van der Waals surface area contributed by atoms with Gasteiger partial charge < -0.3 is 14.6 Å². The molecule has 0 spiro atoms. The number of aliphatic hydroxyl groups excluding tert-OH is 1. The molecule has 0 bridgehead atoms. The molecule has 0 unspecified atom stereocenters. The summed E-state index contributed by atoms with van der Waals surface area (Å²) in [7, 11) is 0. The van der Waals surface area contributed by atoms with Crippen molar-refractivity contribution in [3.63, 3.8) is 0 Å². The lowest BCUT2D eigenvalue weighted by Gasteiger charge is -2.34. The molecule has 0 aromatic heterocycles. The van der Waals surface area contributed by atoms with Gasteiger partial charge in [-0.3, -0.25) is 9.59 Å². The minimum absolute atomic E-state index is 0.181. The fourth-order valence-corrected chi connectivity index (χ4v) is 3.00. The lowest BCUT2D eigenvalue weighted by Crippen LogP contribution is -2.41. The van der Waals surface area contributed by atoms with Crippen LogP contribution in [0, 0.1) is 11.8 Å². The molecular formula is C16H19ClO5. The van der Waals surface area contributed by atoms with E-state index in [-0.39, 0.29) is 13.2 Å². The predicted octanol–water partition coefficient (Wildman–Crippen LogP) is 2.29. The molecule has 3 atom stereocenters. The lowest BCUT2D eigenvalue weighted by molar-refractivity contribution is -0.166. The molecule has 1 N–H and O–H groups in total. The van der Waals surface area contributed by atoms with E-state index in [1.54, 1.807) is 32.0 Å². The highest BCUT2D eigenvalue weighted by Gasteiger charge is 2.45. The van der Waals surface area contributed by atoms with E-state index in [1.807, 2.05) is 0 Å². The Balaban J connectivity index is 2.41. The van der Waals surface area contributed by atoms with Gasteiger partial charge in [-0.1, -0.05) is 17.7 Å². The van der Waals surface area contributed by atoms with E-state index < -0.39 is 29.9 Å². The molecule has 1 aromatic carbocycles. The fraction of sp³-hybridized carbons (Fsp3) is 0.500. The van der Waals surface area contributed by atoms with Crippen molar-refractivity contribution in [2.75, 3.05) is 13.2 Å². The molecule has 22 heavy (non-hydrogen) atoms. The van der Waals surface area contributed by atoms with Crippen LogP contribution in [0.4, 0.5) is 0 Å². The molecule has 1 aliphatic rings. The van der Waals surface area contributed by atoms with Crippen LogP contribution < -0.4 is 0 Å². The second-order valence-corrected chi connectivity index (χ2v) is 5.56. The number of esters is 2. The quantitative estimate of drug-likeness (QED) is 0.859. The van der Waals surface area contributed by atoms with Crippen molar-refractivity contribution in [1.82, 2.24) is 0 Å². The van der Waals surface area contributed by atoms with Gasteiger partial charge in [-0.25, -0.2) is 0 Å². The topological polar surface area (TPSA) is 72.8 Å². The molecule has 0 aliphatic heterocycles. The molecule has 6 heteroatoms. The first-order valence-electron chi connectivity index (χ1n) is 7.29. The van der Waals surface area contributed by atoms with Crippen molar-refractivity contribution in [1.29, 1.82) is 0 Å². The number of hydrogen-bond acceptors (Lipinski definition) is 5. The average molecular weight is 327 g/mol. The van der Waals surface area contributed by atoms with Crippen LogP contribution in [0.3, 0.4) is 0 Å². The van der Waals surface area contributed by atoms with Gasteiger partial charge in [-0.15, -0.1) is 0 Å². The van der Waals surface area contributed by atoms with Crippen molar-refractivity contribution in [3.05, 3.63) is 34.3 Å². The minimum atomic E-state index is -1.14. The maximum atomic E-state index is 12.2. The van der Waals surface area contributed by atoms with E-state index in [4.69, 9.17) is 21.1 Å². The third-order valence-corrected chi connectivity index (χ3v) is 4.02. The Hall–Kier alpha value is -1.59. The van der Waals surface area contributed by atoms with Crippen LogP contribution in [0.5, 0.6) is 0 Å². The van der Waals surface area contributed by atoms with Gasteiger partial charge in [-0.2, -0.15) is 0 Å². The molecule has 0 heterocycles. The van der Waals surface area contributed by atoms with Crippen LogP contribution in [0.15, 0.2) is 18.2 Å². The summed E-state index contributed by atoms with van der Waals surface area (Å²) in [4.78, 5) is 24.4. The fourth-order valence-electron chi connectivity index (χ4n) is 2.82. The van der Waals surface area contributed by atoms with E-state index in [0.29, 0.717) is 17.0 Å². The Morgan fingerprint density at radius 2 is 1.86 bits per heavy atom. The van der Waals surface area contributed by atoms with Gasteiger partial charge in [0.2, 0.25) is 0 Å². The number of carbonyl (C=O) groups is 2. The van der Waals surface area contributed by atoms with Gasteiger partial charge in [0.25, 0.3) is 0 Å². The number of benzene rings is 1. The molecule has 0 radical (unpaired) electrons. The molecule has 0 saturated heterocycles. The van der Waals surface area contributed by atoms with Gasteiger partial charge in [0, 0.05) is 5.02 Å². The van der Waals surface area contributed by atoms with E-state index >= 15 is 0 Å². The van der Waals surface area contributed by atoms with E-state index in [9.17, 15) is 14.7 Å². The molecule has 2 rings (SSSR count). The van der Waals surface area contributed by atoms with Crippen molar-refractivity contribution in [3.8, 4) is 0 Å². The van der Waals surface area contributed by atoms with E-state index in [2.05, 4.69) is 0 Å². The summed E-state index contributed by atoms with van der Waals surface area (Å²) in [6.07, 6.45) is -0.831. The summed E-state index contributed by atoms with van der Waals surface area (Å²) in [6.45, 7) is 3.77. The van der Waals surface area contributed by atoms with Gasteiger partial charge in [0.15, 0.2) is 0 Å². The van der Waals surface area contributed by atoms with Crippen molar-refractivity contribution >= 4 is 23.5 Å². The zero-order valence-corrected chi connectivity index (χ0v) is 13.3. The second-order valence-electron chi connectivity index (χ2n) is 5.13. The molecule has 0 saturated carbocycles. The van der Waals surface area contributed by atoms with Gasteiger partial charge in [0.05, 0.1) is 25.2 Å². The van der Waals surface area contributed by atoms with E-state index in [0.717, 1.165) is 5.56 Å². The van der Waals surface area contributed by atoms with Crippen LogP contribution in [0.1, 0.15) is 31.1 Å². The number of halogens is 1. The van der Waals surface area contributed by atoms with Crippen molar-refractivity contribution < 1.29 is 24.2 Å². The van der Waals surface area contributed by atoms with Crippen molar-refractivity contribution in [2.45, 2.75) is 26.4 Å². The summed E-state index contributed by atoms with van der Waals surface area (Å²) in [5, 5.41) is 11.0. The number of hydrogen-bond donors (Lipinski definition) is 1. The average Bonchev–Trinajstić information content (AvgIpc) is 2.48. The minimum Gasteiger partial charge on any atom is -0.466 e. The highest BCUT2D eigenvalue weighted by molar-refractivity contribution is 6.30. The van der Waals surface area contributed by atoms with Gasteiger partial charge >= 0.3 is 11.9 Å². The van der Waals surface area contributed by atoms with Crippen LogP contribution >= 0.6 is 11.6 Å². The standard InChI is InChI=1S/C16H19ClO5/c1-3-21-15(19)12-7-9-5-6-10(17)8-11(9)14(18)13(12)16(20)22-4-2/h5-6,8,12-14,18H,3-4,7H2,1-2H3/t12-,13+,14+/m0/s1. The van der Waals surface area contributed by atoms with Gasteiger partial charge in [-0.05, 0) is 43.5 Å². The highest BCUT2D eigenvalue weighted by atomic mass is 35.5. The maximum Gasteiger partial charge on any atom is 0.312 e. The second kappa shape index (κ2) is 7.11. The summed E-state index contributed by atoms with van der Waals surface area (Å²) in [5.74, 6) is -2.84. The van der Waals surface area contributed by atoms with Crippen LogP contribution in [-0.4, -0.2) is 30.3 Å². The Morgan fingerprint density at radius 1 is 1.23 bits per heavy atom. The van der Waals surface area contributed by atoms with E-state index in [1.165, 1.54) is 0 Å². The monoisotopic (exact) mass is 326 g/mol. The predicted molar refractivity (Wildman–Crippen MR) is 80.4 cm³/mol. The molecule has 0 fully saturated rings. The zero-order chi connectivity index (χ0) is 16.3. The smallest absolute Gasteiger partial charge is 0.312 e. The molecule has 120 valence electrons. The Bertz CT molecular complexity index is 572. The highest BCUT2D eigenvalue weighted by Crippen LogP contribution is 2.40. The maximum absolute atomic E-state index is 12.2. The zero-order valence-electron chi connectivity index (χ0n) is 12.5. The van der Waals surface area contributed by atoms with Gasteiger partial charge in [0.1, 0.15) is 5.92 Å². The lowest BCUT2D eigenvalue weighted by atomic mass is 9.74. The largest absolute Gasteiger partial charge is 0.466 e. The number of ether oxygens (including phenoxy) is 2. The summed E-state index contributed by atoms with van der Waals surface area (Å²) in [5.41, 5.74) is 1.35. The Labute approximate surface area is 134 Å². The van der Waals surface area contributed by atoms with Crippen LogP contribution in [0.2, 0.25) is 5.02 Å². The first kappa shape index (κ1) is 16.8. The normalized spacial score (nSPS) is 23.5. The Morgan fingerprint density at radius 3 is 2.50 bits per heavy atom. The molecule has 5 nitrogen and oxygen atoms in total. The SMILES string of the molecule is CCOC(=O)[C@@H]1[C@@H](C(=O)OCC)Cc2ccc(Cl)cc2[C@H]1O. The van der Waals surface area contributed by atoms with Crippen molar-refractivity contribution in [2.24, 2.45) is 11.8 Å². The number of carbonyl (C=O) groups excluding carboxylic acids is 2. The van der Waals surface area contributed by atoms with Crippen LogP contribution in [0.25, 0.3) is 0 Å². The number of fused-ring (bicyclic) bond motifs is 1. The summed E-state index contributed by atoms with van der Waals surface area (Å²) in [6, 6.07) is 5.07. The Kier molecular flexibility index (Phi) is 5.42. The summed E-state index contributed by atoms with van der Waals surface area (Å²) < 4.78 is 10.1. The third kappa shape index (κ3) is 3.25.